The van der Waals surface area contributed by atoms with Gasteiger partial charge in [0.2, 0.25) is 0 Å². The fraction of sp³-hybridized carbons (Fsp3) is 0.556. The van der Waals surface area contributed by atoms with E-state index < -0.39 is 61.4 Å². The van der Waals surface area contributed by atoms with Crippen molar-refractivity contribution in [3.05, 3.63) is 41.0 Å². The van der Waals surface area contributed by atoms with Gasteiger partial charge in [-0.05, 0) is 56.6 Å². The summed E-state index contributed by atoms with van der Waals surface area (Å²) in [5, 5.41) is 20.6. The van der Waals surface area contributed by atoms with Gasteiger partial charge in [-0.15, -0.1) is 0 Å². The Morgan fingerprint density at radius 1 is 0.861 bits per heavy atom. The minimum Gasteiger partial charge on any atom is -0.481 e. The van der Waals surface area contributed by atoms with Crippen molar-refractivity contribution in [3.63, 3.8) is 0 Å². The number of carboxylic acids is 2. The van der Waals surface area contributed by atoms with Crippen molar-refractivity contribution in [3.8, 4) is 0 Å². The van der Waals surface area contributed by atoms with E-state index in [4.69, 9.17) is 0 Å². The largest absolute Gasteiger partial charge is 0.481 e. The summed E-state index contributed by atoms with van der Waals surface area (Å²) in [5.74, 6) is -9.40. The number of benzene rings is 1. The maximum absolute atomic E-state index is 14.4. The molecule has 0 aliphatic heterocycles. The number of rotatable bonds is 6. The highest BCUT2D eigenvalue weighted by atomic mass is 32.2. The highest BCUT2D eigenvalue weighted by Crippen LogP contribution is 2.52. The zero-order valence-electron chi connectivity index (χ0n) is 20.4. The van der Waals surface area contributed by atoms with Crippen LogP contribution in [0, 0.1) is 24.7 Å². The molecular formula is C27H32O8S. The van der Waals surface area contributed by atoms with Crippen LogP contribution in [0.15, 0.2) is 40.3 Å². The number of aliphatic carboxylic acids is 2. The van der Waals surface area contributed by atoms with Crippen LogP contribution in [-0.4, -0.2) is 46.9 Å². The van der Waals surface area contributed by atoms with E-state index in [9.17, 15) is 37.8 Å². The Labute approximate surface area is 210 Å². The Hall–Kier alpha value is -2.81. The quantitative estimate of drug-likeness (QED) is 0.428. The van der Waals surface area contributed by atoms with Crippen molar-refractivity contribution < 1.29 is 37.8 Å². The molecule has 0 saturated heterocycles. The van der Waals surface area contributed by atoms with Gasteiger partial charge in [0.25, 0.3) is 0 Å². The molecule has 2 N–H and O–H groups in total. The summed E-state index contributed by atoms with van der Waals surface area (Å²) < 4.78 is 26.1. The second-order valence-electron chi connectivity index (χ2n) is 10.3. The van der Waals surface area contributed by atoms with Gasteiger partial charge in [-0.25, -0.2) is 13.2 Å². The van der Waals surface area contributed by atoms with E-state index >= 15 is 0 Å². The van der Waals surface area contributed by atoms with Crippen molar-refractivity contribution in [2.45, 2.75) is 80.8 Å². The van der Waals surface area contributed by atoms with Gasteiger partial charge in [0.1, 0.15) is 11.5 Å². The van der Waals surface area contributed by atoms with Gasteiger partial charge < -0.3 is 10.2 Å². The van der Waals surface area contributed by atoms with Crippen LogP contribution < -0.4 is 0 Å². The number of sulfone groups is 1. The van der Waals surface area contributed by atoms with E-state index in [2.05, 4.69) is 0 Å². The zero-order chi connectivity index (χ0) is 26.3. The van der Waals surface area contributed by atoms with E-state index in [0.29, 0.717) is 25.7 Å². The predicted molar refractivity (Wildman–Crippen MR) is 130 cm³/mol. The molecule has 2 atom stereocenters. The molecule has 3 aliphatic carbocycles. The average molecular weight is 517 g/mol. The van der Waals surface area contributed by atoms with E-state index in [-0.39, 0.29) is 23.3 Å². The molecule has 3 aliphatic rings. The molecule has 1 aromatic carbocycles. The molecule has 0 spiro atoms. The van der Waals surface area contributed by atoms with Crippen LogP contribution in [0.4, 0.5) is 0 Å². The lowest BCUT2D eigenvalue weighted by Gasteiger charge is -2.46. The number of Topliss-reactive ketones (excluding diaryl/α,β-unsaturated/α-hetero) is 2. The number of allylic oxidation sites excluding steroid dienone is 1. The Bertz CT molecular complexity index is 1210. The minimum atomic E-state index is -4.79. The fourth-order valence-electron chi connectivity index (χ4n) is 6.59. The van der Waals surface area contributed by atoms with Gasteiger partial charge >= 0.3 is 11.9 Å². The molecule has 194 valence electrons. The van der Waals surface area contributed by atoms with Crippen LogP contribution in [0.5, 0.6) is 0 Å². The first kappa shape index (κ1) is 26.3. The highest BCUT2D eigenvalue weighted by molar-refractivity contribution is 7.93. The van der Waals surface area contributed by atoms with Crippen LogP contribution >= 0.6 is 0 Å². The Kier molecular flexibility index (Phi) is 7.23. The molecule has 0 aromatic heterocycles. The number of hydrogen-bond acceptors (Lipinski definition) is 6. The predicted octanol–water partition coefficient (Wildman–Crippen LogP) is 3.90. The number of ketones is 2. The lowest BCUT2D eigenvalue weighted by Crippen LogP contribution is -2.66. The molecule has 0 bridgehead atoms. The molecular weight excluding hydrogens is 484 g/mol. The first-order valence-corrected chi connectivity index (χ1v) is 14.1. The number of aryl methyl sites for hydroxylation is 1. The second kappa shape index (κ2) is 9.92. The fourth-order valence-corrected chi connectivity index (χ4v) is 9.01. The standard InChI is InChI=1S/C27H32O8S/c1-16-12-14-19(15-13-16)36(34,35)27(18-10-6-3-7-11-18)22(26(32)33)23(28)20(17-8-4-2-5-9-17)21(24(27)29)25(30)31/h12-15,17-18,22H,2-11H2,1H3,(H,30,31)(H,32,33). The molecule has 0 amide bonds. The van der Waals surface area contributed by atoms with Gasteiger partial charge in [0.05, 0.1) is 4.90 Å². The van der Waals surface area contributed by atoms with E-state index in [1.54, 1.807) is 6.92 Å². The Morgan fingerprint density at radius 2 is 1.39 bits per heavy atom. The maximum Gasteiger partial charge on any atom is 0.339 e. The first-order chi connectivity index (χ1) is 17.0. The van der Waals surface area contributed by atoms with Crippen molar-refractivity contribution in [1.29, 1.82) is 0 Å². The summed E-state index contributed by atoms with van der Waals surface area (Å²) in [6, 6.07) is 5.67. The molecule has 4 rings (SSSR count). The molecule has 36 heavy (non-hydrogen) atoms. The van der Waals surface area contributed by atoms with Gasteiger partial charge in [0, 0.05) is 5.57 Å². The monoisotopic (exact) mass is 516 g/mol. The molecule has 1 aromatic rings. The molecule has 2 saturated carbocycles. The van der Waals surface area contributed by atoms with Gasteiger partial charge in [-0.2, -0.15) is 0 Å². The van der Waals surface area contributed by atoms with Gasteiger partial charge in [-0.3, -0.25) is 14.4 Å². The van der Waals surface area contributed by atoms with Crippen LogP contribution in [0.2, 0.25) is 0 Å². The SMILES string of the molecule is Cc1ccc(S(=O)(=O)C2(C3CCCCC3)C(=O)C(C(=O)O)=C(C3CCCCC3)C(=O)C2C(=O)O)cc1. The van der Waals surface area contributed by atoms with Crippen LogP contribution in [0.1, 0.15) is 69.8 Å². The van der Waals surface area contributed by atoms with Crippen molar-refractivity contribution in [2.24, 2.45) is 17.8 Å². The normalized spacial score (nSPS) is 26.8. The van der Waals surface area contributed by atoms with Gasteiger partial charge in [0.15, 0.2) is 26.2 Å². The van der Waals surface area contributed by atoms with Crippen molar-refractivity contribution >= 4 is 33.3 Å². The lowest BCUT2D eigenvalue weighted by molar-refractivity contribution is -0.153. The van der Waals surface area contributed by atoms with Crippen LogP contribution in [0.25, 0.3) is 0 Å². The number of hydrogen-bond donors (Lipinski definition) is 2. The summed E-state index contributed by atoms with van der Waals surface area (Å²) in [4.78, 5) is 53.4. The first-order valence-electron chi connectivity index (χ1n) is 12.7. The Balaban J connectivity index is 2.07. The summed E-state index contributed by atoms with van der Waals surface area (Å²) in [6.07, 6.45) is 5.59. The third-order valence-corrected chi connectivity index (χ3v) is 10.8. The number of carbonyl (C=O) groups is 4. The third-order valence-electron chi connectivity index (χ3n) is 8.27. The second-order valence-corrected chi connectivity index (χ2v) is 12.5. The topological polar surface area (TPSA) is 143 Å². The van der Waals surface area contributed by atoms with Crippen LogP contribution in [0.3, 0.4) is 0 Å². The van der Waals surface area contributed by atoms with Crippen molar-refractivity contribution in [2.75, 3.05) is 0 Å². The molecule has 2 unspecified atom stereocenters. The smallest absolute Gasteiger partial charge is 0.339 e. The number of carboxylic acid groups (broad SMARTS) is 2. The summed E-state index contributed by atoms with van der Waals surface area (Å²) in [5.41, 5.74) is -0.372. The summed E-state index contributed by atoms with van der Waals surface area (Å²) in [7, 11) is -4.79. The Morgan fingerprint density at radius 3 is 1.89 bits per heavy atom. The lowest BCUT2D eigenvalue weighted by atomic mass is 9.62. The summed E-state index contributed by atoms with van der Waals surface area (Å²) >= 11 is 0. The maximum atomic E-state index is 14.4. The number of carbonyl (C=O) groups excluding carboxylic acids is 2. The third kappa shape index (κ3) is 4.01. The minimum absolute atomic E-state index is 0.222. The molecule has 0 radical (unpaired) electrons. The highest BCUT2D eigenvalue weighted by Gasteiger charge is 2.69. The molecule has 0 heterocycles. The molecule has 2 fully saturated rings. The zero-order valence-corrected chi connectivity index (χ0v) is 21.2. The van der Waals surface area contributed by atoms with Crippen LogP contribution in [-0.2, 0) is 29.0 Å². The van der Waals surface area contributed by atoms with E-state index in [0.717, 1.165) is 31.2 Å². The van der Waals surface area contributed by atoms with Crippen molar-refractivity contribution in [1.82, 2.24) is 0 Å². The average Bonchev–Trinajstić information content (AvgIpc) is 2.85. The van der Waals surface area contributed by atoms with Gasteiger partial charge in [-0.1, -0.05) is 56.2 Å². The molecule has 8 nitrogen and oxygen atoms in total. The van der Waals surface area contributed by atoms with E-state index in [1.165, 1.54) is 24.3 Å². The van der Waals surface area contributed by atoms with E-state index in [1.807, 2.05) is 0 Å². The summed E-state index contributed by atoms with van der Waals surface area (Å²) in [6.45, 7) is 1.75. The molecule has 9 heteroatoms.